The Morgan fingerprint density at radius 3 is 2.63 bits per heavy atom. The van der Waals surface area contributed by atoms with Crippen LogP contribution in [0.3, 0.4) is 0 Å². The molecule has 1 saturated heterocycles. The van der Waals surface area contributed by atoms with E-state index in [2.05, 4.69) is 9.97 Å². The maximum absolute atomic E-state index is 12.0. The number of likely N-dealkylation sites (tertiary alicyclic amines) is 1. The van der Waals surface area contributed by atoms with Crippen molar-refractivity contribution in [3.63, 3.8) is 0 Å². The van der Waals surface area contributed by atoms with E-state index in [9.17, 15) is 9.59 Å². The summed E-state index contributed by atoms with van der Waals surface area (Å²) in [6.45, 7) is 1.64. The Balaban J connectivity index is 1.62. The SMILES string of the molecule is COCC(=O)N1CCC[C@@H](Cc2cnc(-c3ccc(C(=O)O)cc3)cn2)C1. The van der Waals surface area contributed by atoms with Crippen LogP contribution in [0, 0.1) is 5.92 Å². The lowest BCUT2D eigenvalue weighted by Gasteiger charge is -2.32. The Hall–Kier alpha value is -2.80. The lowest BCUT2D eigenvalue weighted by atomic mass is 9.93. The van der Waals surface area contributed by atoms with Crippen LogP contribution in [0.25, 0.3) is 11.3 Å². The zero-order valence-corrected chi connectivity index (χ0v) is 15.3. The molecule has 7 nitrogen and oxygen atoms in total. The molecular weight excluding hydrogens is 346 g/mol. The van der Waals surface area contributed by atoms with Crippen LogP contribution in [0.5, 0.6) is 0 Å². The lowest BCUT2D eigenvalue weighted by molar-refractivity contribution is -0.136. The van der Waals surface area contributed by atoms with Gasteiger partial charge in [0.25, 0.3) is 0 Å². The number of methoxy groups -OCH3 is 1. The highest BCUT2D eigenvalue weighted by atomic mass is 16.5. The summed E-state index contributed by atoms with van der Waals surface area (Å²) in [7, 11) is 1.53. The fourth-order valence-electron chi connectivity index (χ4n) is 3.36. The summed E-state index contributed by atoms with van der Waals surface area (Å²) in [6.07, 6.45) is 6.30. The van der Waals surface area contributed by atoms with Gasteiger partial charge in [0.15, 0.2) is 0 Å². The van der Waals surface area contributed by atoms with Crippen molar-refractivity contribution in [2.24, 2.45) is 5.92 Å². The van der Waals surface area contributed by atoms with Crippen LogP contribution >= 0.6 is 0 Å². The fourth-order valence-corrected chi connectivity index (χ4v) is 3.36. The molecule has 0 unspecified atom stereocenters. The summed E-state index contributed by atoms with van der Waals surface area (Å²) in [4.78, 5) is 33.8. The summed E-state index contributed by atoms with van der Waals surface area (Å²) < 4.78 is 4.94. The van der Waals surface area contributed by atoms with Gasteiger partial charge in [-0.2, -0.15) is 0 Å². The van der Waals surface area contributed by atoms with Gasteiger partial charge >= 0.3 is 5.97 Å². The van der Waals surface area contributed by atoms with Gasteiger partial charge in [-0.15, -0.1) is 0 Å². The Kier molecular flexibility index (Phi) is 6.13. The zero-order chi connectivity index (χ0) is 19.2. The molecular formula is C20H23N3O4. The van der Waals surface area contributed by atoms with E-state index >= 15 is 0 Å². The van der Waals surface area contributed by atoms with Gasteiger partial charge in [-0.25, -0.2) is 4.79 Å². The minimum Gasteiger partial charge on any atom is -0.478 e. The number of hydrogen-bond donors (Lipinski definition) is 1. The number of aromatic nitrogens is 2. The maximum atomic E-state index is 12.0. The van der Waals surface area contributed by atoms with E-state index in [1.807, 2.05) is 4.90 Å². The second-order valence-electron chi connectivity index (χ2n) is 6.76. The first-order valence-corrected chi connectivity index (χ1v) is 8.98. The van der Waals surface area contributed by atoms with E-state index < -0.39 is 5.97 Å². The molecule has 1 aromatic carbocycles. The van der Waals surface area contributed by atoms with Gasteiger partial charge in [-0.3, -0.25) is 14.8 Å². The molecule has 1 aliphatic heterocycles. The smallest absolute Gasteiger partial charge is 0.335 e. The number of hydrogen-bond acceptors (Lipinski definition) is 5. The highest BCUT2D eigenvalue weighted by Crippen LogP contribution is 2.21. The number of carbonyl (C=O) groups is 2. The molecule has 1 fully saturated rings. The summed E-state index contributed by atoms with van der Waals surface area (Å²) in [5.74, 6) is -0.545. The van der Waals surface area contributed by atoms with E-state index in [0.717, 1.165) is 43.6 Å². The van der Waals surface area contributed by atoms with Gasteiger partial charge in [0.05, 0.1) is 23.1 Å². The van der Waals surface area contributed by atoms with E-state index in [0.29, 0.717) is 11.6 Å². The van der Waals surface area contributed by atoms with Gasteiger partial charge in [0.1, 0.15) is 6.61 Å². The van der Waals surface area contributed by atoms with Crippen molar-refractivity contribution in [1.82, 2.24) is 14.9 Å². The summed E-state index contributed by atoms with van der Waals surface area (Å²) in [5, 5.41) is 8.96. The minimum absolute atomic E-state index is 0.0356. The van der Waals surface area contributed by atoms with Crippen LogP contribution < -0.4 is 0 Å². The van der Waals surface area contributed by atoms with Crippen LogP contribution in [0.2, 0.25) is 0 Å². The predicted octanol–water partition coefficient (Wildman–Crippen LogP) is 2.27. The van der Waals surface area contributed by atoms with Crippen LogP contribution in [0.15, 0.2) is 36.7 Å². The van der Waals surface area contributed by atoms with Crippen molar-refractivity contribution in [3.05, 3.63) is 47.9 Å². The van der Waals surface area contributed by atoms with Crippen molar-refractivity contribution in [3.8, 4) is 11.3 Å². The zero-order valence-electron chi connectivity index (χ0n) is 15.3. The molecule has 0 radical (unpaired) electrons. The van der Waals surface area contributed by atoms with Crippen molar-refractivity contribution in [2.75, 3.05) is 26.8 Å². The molecule has 0 saturated carbocycles. The molecule has 0 aliphatic carbocycles. The van der Waals surface area contributed by atoms with E-state index in [4.69, 9.17) is 9.84 Å². The summed E-state index contributed by atoms with van der Waals surface area (Å²) in [5.41, 5.74) is 2.67. The molecule has 1 atom stereocenters. The number of benzene rings is 1. The van der Waals surface area contributed by atoms with Crippen molar-refractivity contribution in [1.29, 1.82) is 0 Å². The number of aromatic carboxylic acids is 1. The molecule has 2 aromatic rings. The monoisotopic (exact) mass is 369 g/mol. The minimum atomic E-state index is -0.950. The first-order valence-electron chi connectivity index (χ1n) is 8.98. The largest absolute Gasteiger partial charge is 0.478 e. The number of amides is 1. The van der Waals surface area contributed by atoms with Gasteiger partial charge in [-0.05, 0) is 37.3 Å². The Labute approximate surface area is 158 Å². The number of nitrogens with zero attached hydrogens (tertiary/aromatic N) is 3. The summed E-state index contributed by atoms with van der Waals surface area (Å²) >= 11 is 0. The van der Waals surface area contributed by atoms with E-state index in [1.165, 1.54) is 7.11 Å². The second-order valence-corrected chi connectivity index (χ2v) is 6.76. The highest BCUT2D eigenvalue weighted by molar-refractivity contribution is 5.88. The first kappa shape index (κ1) is 19.0. The third-order valence-corrected chi connectivity index (χ3v) is 4.77. The normalized spacial score (nSPS) is 16.9. The molecule has 27 heavy (non-hydrogen) atoms. The summed E-state index contributed by atoms with van der Waals surface area (Å²) in [6, 6.07) is 6.57. The fraction of sp³-hybridized carbons (Fsp3) is 0.400. The molecule has 1 amide bonds. The Morgan fingerprint density at radius 1 is 1.22 bits per heavy atom. The molecule has 1 aromatic heterocycles. The molecule has 3 rings (SSSR count). The van der Waals surface area contributed by atoms with Crippen LogP contribution in [-0.2, 0) is 16.0 Å². The van der Waals surface area contributed by atoms with E-state index in [-0.39, 0.29) is 18.1 Å². The predicted molar refractivity (Wildman–Crippen MR) is 99.3 cm³/mol. The van der Waals surface area contributed by atoms with Gasteiger partial charge in [-0.1, -0.05) is 12.1 Å². The Bertz CT molecular complexity index is 790. The molecule has 7 heteroatoms. The number of carboxylic acids is 1. The molecule has 0 spiro atoms. The van der Waals surface area contributed by atoms with Gasteiger partial charge < -0.3 is 14.7 Å². The average molecular weight is 369 g/mol. The number of carboxylic acid groups (broad SMARTS) is 1. The first-order chi connectivity index (χ1) is 13.1. The van der Waals surface area contributed by atoms with Gasteiger partial charge in [0, 0.05) is 32.0 Å². The quantitative estimate of drug-likeness (QED) is 0.840. The highest BCUT2D eigenvalue weighted by Gasteiger charge is 2.24. The van der Waals surface area contributed by atoms with Crippen molar-refractivity contribution in [2.45, 2.75) is 19.3 Å². The third kappa shape index (κ3) is 4.89. The number of rotatable bonds is 6. The van der Waals surface area contributed by atoms with Crippen LogP contribution in [0.4, 0.5) is 0 Å². The molecule has 1 aliphatic rings. The lowest BCUT2D eigenvalue weighted by Crippen LogP contribution is -2.42. The number of piperidine rings is 1. The topological polar surface area (TPSA) is 92.6 Å². The molecule has 142 valence electrons. The second kappa shape index (κ2) is 8.73. The van der Waals surface area contributed by atoms with Crippen molar-refractivity contribution < 1.29 is 19.4 Å². The van der Waals surface area contributed by atoms with Crippen LogP contribution in [0.1, 0.15) is 28.9 Å². The Morgan fingerprint density at radius 2 is 2.00 bits per heavy atom. The number of carbonyl (C=O) groups excluding carboxylic acids is 1. The number of ether oxygens (including phenoxy) is 1. The third-order valence-electron chi connectivity index (χ3n) is 4.77. The van der Waals surface area contributed by atoms with Crippen LogP contribution in [-0.4, -0.2) is 58.7 Å². The van der Waals surface area contributed by atoms with E-state index in [1.54, 1.807) is 36.7 Å². The van der Waals surface area contributed by atoms with Crippen molar-refractivity contribution >= 4 is 11.9 Å². The average Bonchev–Trinajstić information content (AvgIpc) is 2.69. The molecule has 0 bridgehead atoms. The molecule has 2 heterocycles. The molecule has 1 N–H and O–H groups in total. The van der Waals surface area contributed by atoms with Gasteiger partial charge in [0.2, 0.25) is 5.91 Å². The standard InChI is InChI=1S/C20H23N3O4/c1-27-13-19(24)23-8-2-3-14(12-23)9-17-10-22-18(11-21-17)15-4-6-16(7-5-15)20(25)26/h4-7,10-11,14H,2-3,8-9,12-13H2,1H3,(H,25,26)/t14-/m0/s1. The maximum Gasteiger partial charge on any atom is 0.335 e.